The minimum atomic E-state index is -0.578. The third kappa shape index (κ3) is 2.34. The van der Waals surface area contributed by atoms with Crippen LogP contribution in [0.5, 0.6) is 0 Å². The second-order valence-electron chi connectivity index (χ2n) is 3.64. The first kappa shape index (κ1) is 10.5. The van der Waals surface area contributed by atoms with E-state index in [1.807, 2.05) is 0 Å². The lowest BCUT2D eigenvalue weighted by atomic mass is 10.1. The van der Waals surface area contributed by atoms with Gasteiger partial charge in [0.2, 0.25) is 0 Å². The van der Waals surface area contributed by atoms with Crippen molar-refractivity contribution >= 4 is 0 Å². The van der Waals surface area contributed by atoms with E-state index in [0.29, 0.717) is 11.7 Å². The van der Waals surface area contributed by atoms with Crippen LogP contribution in [0, 0.1) is 0 Å². The molecule has 0 radical (unpaired) electrons. The van der Waals surface area contributed by atoms with E-state index in [9.17, 15) is 0 Å². The number of aliphatic hydroxyl groups excluding tert-OH is 1. The van der Waals surface area contributed by atoms with Crippen molar-refractivity contribution in [3.8, 4) is 0 Å². The molecule has 2 unspecified atom stereocenters. The van der Waals surface area contributed by atoms with Crippen LogP contribution in [0.4, 0.5) is 0 Å². The molecule has 2 heterocycles. The van der Waals surface area contributed by atoms with Gasteiger partial charge in [-0.1, -0.05) is 5.16 Å². The SMILES string of the molecule is NC(CO)c1noc(C2CCCCO2)n1. The van der Waals surface area contributed by atoms with Crippen molar-refractivity contribution in [2.24, 2.45) is 5.73 Å². The molecule has 0 bridgehead atoms. The number of aliphatic hydroxyl groups is 1. The van der Waals surface area contributed by atoms with Crippen LogP contribution >= 0.6 is 0 Å². The Morgan fingerprint density at radius 3 is 3.07 bits per heavy atom. The van der Waals surface area contributed by atoms with E-state index in [1.165, 1.54) is 0 Å². The monoisotopic (exact) mass is 213 g/mol. The van der Waals surface area contributed by atoms with E-state index in [-0.39, 0.29) is 12.7 Å². The van der Waals surface area contributed by atoms with Gasteiger partial charge in [0.25, 0.3) is 5.89 Å². The molecule has 2 rings (SSSR count). The lowest BCUT2D eigenvalue weighted by molar-refractivity contribution is -0.00459. The molecule has 0 aromatic carbocycles. The maximum atomic E-state index is 8.83. The van der Waals surface area contributed by atoms with Crippen LogP contribution in [0.3, 0.4) is 0 Å². The summed E-state index contributed by atoms with van der Waals surface area (Å²) in [6.07, 6.45) is 2.98. The van der Waals surface area contributed by atoms with Crippen LogP contribution in [-0.2, 0) is 4.74 Å². The van der Waals surface area contributed by atoms with Crippen molar-refractivity contribution in [3.05, 3.63) is 11.7 Å². The number of hydrogen-bond donors (Lipinski definition) is 2. The molecule has 0 saturated carbocycles. The smallest absolute Gasteiger partial charge is 0.255 e. The molecule has 84 valence electrons. The van der Waals surface area contributed by atoms with Crippen molar-refractivity contribution in [1.82, 2.24) is 10.1 Å². The van der Waals surface area contributed by atoms with Crippen molar-refractivity contribution in [1.29, 1.82) is 0 Å². The summed E-state index contributed by atoms with van der Waals surface area (Å²) in [5, 5.41) is 12.5. The third-order valence-electron chi connectivity index (χ3n) is 2.44. The summed E-state index contributed by atoms with van der Waals surface area (Å²) in [5.74, 6) is 0.801. The fraction of sp³-hybridized carbons (Fsp3) is 0.778. The van der Waals surface area contributed by atoms with Gasteiger partial charge in [0, 0.05) is 6.61 Å². The second-order valence-corrected chi connectivity index (χ2v) is 3.64. The van der Waals surface area contributed by atoms with Crippen LogP contribution in [0.2, 0.25) is 0 Å². The molecule has 1 aliphatic heterocycles. The van der Waals surface area contributed by atoms with E-state index in [0.717, 1.165) is 25.9 Å². The summed E-state index contributed by atoms with van der Waals surface area (Å²) >= 11 is 0. The molecule has 3 N–H and O–H groups in total. The molecule has 1 fully saturated rings. The first-order valence-electron chi connectivity index (χ1n) is 5.13. The summed E-state index contributed by atoms with van der Waals surface area (Å²) < 4.78 is 10.5. The Balaban J connectivity index is 2.05. The van der Waals surface area contributed by atoms with E-state index < -0.39 is 6.04 Å². The molecule has 1 aromatic rings. The summed E-state index contributed by atoms with van der Waals surface area (Å²) in [6, 6.07) is -0.578. The van der Waals surface area contributed by atoms with Crippen LogP contribution in [-0.4, -0.2) is 28.5 Å². The highest BCUT2D eigenvalue weighted by Gasteiger charge is 2.23. The number of aromatic nitrogens is 2. The normalized spacial score (nSPS) is 24.0. The van der Waals surface area contributed by atoms with E-state index in [4.69, 9.17) is 20.1 Å². The second kappa shape index (κ2) is 4.69. The van der Waals surface area contributed by atoms with Gasteiger partial charge >= 0.3 is 0 Å². The van der Waals surface area contributed by atoms with Crippen LogP contribution in [0.1, 0.15) is 43.1 Å². The zero-order valence-electron chi connectivity index (χ0n) is 8.43. The summed E-state index contributed by atoms with van der Waals surface area (Å²) in [6.45, 7) is 0.541. The maximum Gasteiger partial charge on any atom is 0.255 e. The number of nitrogens with zero attached hydrogens (tertiary/aromatic N) is 2. The van der Waals surface area contributed by atoms with Gasteiger partial charge < -0.3 is 20.1 Å². The molecule has 15 heavy (non-hydrogen) atoms. The van der Waals surface area contributed by atoms with Gasteiger partial charge in [-0.15, -0.1) is 0 Å². The average Bonchev–Trinajstić information content (AvgIpc) is 2.78. The molecule has 0 amide bonds. The number of rotatable bonds is 3. The van der Waals surface area contributed by atoms with Gasteiger partial charge in [0.05, 0.1) is 12.6 Å². The van der Waals surface area contributed by atoms with Crippen molar-refractivity contribution in [2.75, 3.05) is 13.2 Å². The minimum Gasteiger partial charge on any atom is -0.394 e. The highest BCUT2D eigenvalue weighted by atomic mass is 16.5. The highest BCUT2D eigenvalue weighted by molar-refractivity contribution is 4.95. The predicted molar refractivity (Wildman–Crippen MR) is 50.9 cm³/mol. The van der Waals surface area contributed by atoms with E-state index in [2.05, 4.69) is 10.1 Å². The first-order chi connectivity index (χ1) is 7.31. The van der Waals surface area contributed by atoms with Gasteiger partial charge in [0.1, 0.15) is 6.10 Å². The molecule has 0 spiro atoms. The largest absolute Gasteiger partial charge is 0.394 e. The molecule has 1 aromatic heterocycles. The Bertz CT molecular complexity index is 309. The van der Waals surface area contributed by atoms with Crippen LogP contribution in [0.15, 0.2) is 4.52 Å². The van der Waals surface area contributed by atoms with Gasteiger partial charge in [-0.25, -0.2) is 0 Å². The molecule has 1 saturated heterocycles. The Hall–Kier alpha value is -0.980. The van der Waals surface area contributed by atoms with E-state index >= 15 is 0 Å². The van der Waals surface area contributed by atoms with Crippen LogP contribution < -0.4 is 5.73 Å². The lowest BCUT2D eigenvalue weighted by Crippen LogP contribution is -2.16. The van der Waals surface area contributed by atoms with Crippen molar-refractivity contribution in [3.63, 3.8) is 0 Å². The standard InChI is InChI=1S/C9H15N3O3/c10-6(5-13)8-11-9(15-12-8)7-3-1-2-4-14-7/h6-7,13H,1-5,10H2. The topological polar surface area (TPSA) is 94.4 Å². The fourth-order valence-electron chi connectivity index (χ4n) is 1.55. The third-order valence-corrected chi connectivity index (χ3v) is 2.44. The molecular weight excluding hydrogens is 198 g/mol. The first-order valence-corrected chi connectivity index (χ1v) is 5.13. The number of hydrogen-bond acceptors (Lipinski definition) is 6. The van der Waals surface area contributed by atoms with Gasteiger partial charge in [-0.2, -0.15) is 4.98 Å². The van der Waals surface area contributed by atoms with Gasteiger partial charge in [0.15, 0.2) is 5.82 Å². The predicted octanol–water partition coefficient (Wildman–Crippen LogP) is 0.303. The number of nitrogens with two attached hydrogens (primary N) is 1. The number of ether oxygens (including phenoxy) is 1. The fourth-order valence-corrected chi connectivity index (χ4v) is 1.55. The Morgan fingerprint density at radius 1 is 1.53 bits per heavy atom. The summed E-state index contributed by atoms with van der Waals surface area (Å²) in [7, 11) is 0. The molecule has 6 heteroatoms. The summed E-state index contributed by atoms with van der Waals surface area (Å²) in [4.78, 5) is 4.12. The molecule has 1 aliphatic rings. The zero-order valence-corrected chi connectivity index (χ0v) is 8.43. The molecular formula is C9H15N3O3. The van der Waals surface area contributed by atoms with Crippen molar-refractivity contribution < 1.29 is 14.4 Å². The maximum absolute atomic E-state index is 8.83. The van der Waals surface area contributed by atoms with Crippen molar-refractivity contribution in [2.45, 2.75) is 31.4 Å². The lowest BCUT2D eigenvalue weighted by Gasteiger charge is -2.18. The van der Waals surface area contributed by atoms with Crippen LogP contribution in [0.25, 0.3) is 0 Å². The molecule has 6 nitrogen and oxygen atoms in total. The Kier molecular flexibility index (Phi) is 3.30. The van der Waals surface area contributed by atoms with E-state index in [1.54, 1.807) is 0 Å². The average molecular weight is 213 g/mol. The summed E-state index contributed by atoms with van der Waals surface area (Å²) in [5.41, 5.74) is 5.56. The molecule has 2 atom stereocenters. The zero-order chi connectivity index (χ0) is 10.7. The minimum absolute atomic E-state index is 0.106. The quantitative estimate of drug-likeness (QED) is 0.750. The Morgan fingerprint density at radius 2 is 2.40 bits per heavy atom. The van der Waals surface area contributed by atoms with Gasteiger partial charge in [-0.05, 0) is 19.3 Å². The molecule has 0 aliphatic carbocycles. The van der Waals surface area contributed by atoms with Gasteiger partial charge in [-0.3, -0.25) is 0 Å². The highest BCUT2D eigenvalue weighted by Crippen LogP contribution is 2.26. The Labute approximate surface area is 87.4 Å².